The number of hydrogen-bond donors (Lipinski definition) is 0. The molecule has 6 heteroatoms. The van der Waals surface area contributed by atoms with Crippen molar-refractivity contribution in [2.24, 2.45) is 0 Å². The number of benzene rings is 1. The molecule has 22 heavy (non-hydrogen) atoms. The Morgan fingerprint density at radius 2 is 2.05 bits per heavy atom. The highest BCUT2D eigenvalue weighted by Gasteiger charge is 2.25. The number of sulfone groups is 1. The Balaban J connectivity index is 1.76. The Morgan fingerprint density at radius 3 is 2.68 bits per heavy atom. The minimum absolute atomic E-state index is 0.381. The molecule has 1 saturated heterocycles. The van der Waals surface area contributed by atoms with E-state index in [0.29, 0.717) is 10.9 Å². The zero-order valence-corrected chi connectivity index (χ0v) is 14.2. The Bertz CT molecular complexity index is 709. The Hall–Kier alpha value is -1.24. The van der Waals surface area contributed by atoms with Gasteiger partial charge in [0, 0.05) is 24.4 Å². The second-order valence-electron chi connectivity index (χ2n) is 5.77. The molecule has 0 radical (unpaired) electrons. The molecule has 0 unspecified atom stereocenters. The number of piperidine rings is 1. The fourth-order valence-corrected chi connectivity index (χ4v) is 4.37. The summed E-state index contributed by atoms with van der Waals surface area (Å²) in [6, 6.07) is 7.64. The van der Waals surface area contributed by atoms with Gasteiger partial charge in [-0.3, -0.25) is 4.90 Å². The third-order valence-electron chi connectivity index (χ3n) is 4.09. The van der Waals surface area contributed by atoms with E-state index < -0.39 is 9.84 Å². The van der Waals surface area contributed by atoms with Gasteiger partial charge in [0.25, 0.3) is 0 Å². The van der Waals surface area contributed by atoms with E-state index in [2.05, 4.69) is 9.88 Å². The van der Waals surface area contributed by atoms with Crippen LogP contribution in [0.4, 0.5) is 0 Å². The summed E-state index contributed by atoms with van der Waals surface area (Å²) in [4.78, 5) is 7.31. The van der Waals surface area contributed by atoms with Gasteiger partial charge in [-0.05, 0) is 37.1 Å². The zero-order chi connectivity index (χ0) is 15.6. The van der Waals surface area contributed by atoms with E-state index in [-0.39, 0.29) is 0 Å². The highest BCUT2D eigenvalue weighted by atomic mass is 32.2. The van der Waals surface area contributed by atoms with Crippen molar-refractivity contribution in [3.05, 3.63) is 46.4 Å². The fraction of sp³-hybridized carbons (Fsp3) is 0.438. The Morgan fingerprint density at radius 1 is 1.27 bits per heavy atom. The van der Waals surface area contributed by atoms with Crippen LogP contribution in [0.1, 0.15) is 35.9 Å². The van der Waals surface area contributed by atoms with Gasteiger partial charge in [0.2, 0.25) is 0 Å². The third-order valence-corrected chi connectivity index (χ3v) is 6.09. The van der Waals surface area contributed by atoms with Crippen LogP contribution >= 0.6 is 11.3 Å². The van der Waals surface area contributed by atoms with Gasteiger partial charge in [-0.25, -0.2) is 13.4 Å². The van der Waals surface area contributed by atoms with E-state index in [1.54, 1.807) is 23.5 Å². The van der Waals surface area contributed by atoms with E-state index in [4.69, 9.17) is 0 Å². The van der Waals surface area contributed by atoms with Gasteiger partial charge in [0.05, 0.1) is 10.9 Å². The van der Waals surface area contributed by atoms with Crippen molar-refractivity contribution in [1.82, 2.24) is 9.88 Å². The molecule has 1 aromatic carbocycles. The minimum atomic E-state index is -3.12. The van der Waals surface area contributed by atoms with Gasteiger partial charge < -0.3 is 0 Å². The first-order valence-corrected chi connectivity index (χ1v) is 10.2. The number of likely N-dealkylation sites (tertiary alicyclic amines) is 1. The summed E-state index contributed by atoms with van der Waals surface area (Å²) in [5.41, 5.74) is 1.15. The van der Waals surface area contributed by atoms with Crippen LogP contribution in [0.25, 0.3) is 0 Å². The van der Waals surface area contributed by atoms with Gasteiger partial charge in [-0.1, -0.05) is 18.6 Å². The molecule has 3 rings (SSSR count). The molecule has 1 aliphatic heterocycles. The molecular formula is C16H20N2O2S2. The topological polar surface area (TPSA) is 50.3 Å². The van der Waals surface area contributed by atoms with Crippen molar-refractivity contribution in [2.75, 3.05) is 12.8 Å². The molecule has 1 fully saturated rings. The van der Waals surface area contributed by atoms with Crippen LogP contribution < -0.4 is 0 Å². The van der Waals surface area contributed by atoms with E-state index >= 15 is 0 Å². The lowest BCUT2D eigenvalue weighted by atomic mass is 10.0. The fourth-order valence-electron chi connectivity index (χ4n) is 2.94. The number of nitrogens with zero attached hydrogens (tertiary/aromatic N) is 2. The quantitative estimate of drug-likeness (QED) is 0.860. The lowest BCUT2D eigenvalue weighted by Gasteiger charge is -2.34. The van der Waals surface area contributed by atoms with Crippen molar-refractivity contribution < 1.29 is 8.42 Å². The summed E-state index contributed by atoms with van der Waals surface area (Å²) >= 11 is 1.72. The monoisotopic (exact) mass is 336 g/mol. The largest absolute Gasteiger partial charge is 0.290 e. The van der Waals surface area contributed by atoms with Crippen LogP contribution in [0.5, 0.6) is 0 Å². The van der Waals surface area contributed by atoms with Crippen LogP contribution in [-0.2, 0) is 16.4 Å². The molecule has 118 valence electrons. The summed E-state index contributed by atoms with van der Waals surface area (Å²) in [6.07, 6.45) is 6.71. The van der Waals surface area contributed by atoms with Crippen molar-refractivity contribution in [3.63, 3.8) is 0 Å². The number of aromatic nitrogens is 1. The first-order valence-electron chi connectivity index (χ1n) is 7.46. The molecule has 2 aromatic rings. The van der Waals surface area contributed by atoms with Crippen molar-refractivity contribution in [3.8, 4) is 0 Å². The lowest BCUT2D eigenvalue weighted by molar-refractivity contribution is 0.140. The number of rotatable bonds is 4. The molecular weight excluding hydrogens is 316 g/mol. The van der Waals surface area contributed by atoms with Gasteiger partial charge in [0.1, 0.15) is 5.01 Å². The zero-order valence-electron chi connectivity index (χ0n) is 12.6. The molecule has 2 heterocycles. The Kier molecular flexibility index (Phi) is 4.61. The maximum absolute atomic E-state index is 11.5. The normalized spacial score (nSPS) is 20.1. The first-order chi connectivity index (χ1) is 10.5. The van der Waals surface area contributed by atoms with Gasteiger partial charge >= 0.3 is 0 Å². The summed E-state index contributed by atoms with van der Waals surface area (Å²) < 4.78 is 23.0. The molecule has 0 N–H and O–H groups in total. The van der Waals surface area contributed by atoms with Crippen molar-refractivity contribution in [1.29, 1.82) is 0 Å². The summed E-state index contributed by atoms with van der Waals surface area (Å²) in [6.45, 7) is 1.91. The SMILES string of the molecule is CS(=O)(=O)c1ccc(CN2CCCC[C@@H]2c2nccs2)cc1. The molecule has 1 aliphatic rings. The van der Waals surface area contributed by atoms with Gasteiger partial charge in [0.15, 0.2) is 9.84 Å². The third kappa shape index (κ3) is 3.56. The van der Waals surface area contributed by atoms with Gasteiger partial charge in [-0.15, -0.1) is 11.3 Å². The summed E-state index contributed by atoms with van der Waals surface area (Å²) in [7, 11) is -3.12. The molecule has 0 aliphatic carbocycles. The highest BCUT2D eigenvalue weighted by Crippen LogP contribution is 2.33. The maximum Gasteiger partial charge on any atom is 0.175 e. The average molecular weight is 336 g/mol. The highest BCUT2D eigenvalue weighted by molar-refractivity contribution is 7.90. The molecule has 0 amide bonds. The molecule has 1 atom stereocenters. The predicted octanol–water partition coefficient (Wildman–Crippen LogP) is 3.27. The lowest BCUT2D eigenvalue weighted by Crippen LogP contribution is -2.32. The standard InChI is InChI=1S/C16H20N2O2S2/c1-22(19,20)14-7-5-13(6-8-14)12-18-10-3-2-4-15(18)16-17-9-11-21-16/h5-9,11,15H,2-4,10,12H2,1H3/t15-/m1/s1. The molecule has 0 saturated carbocycles. The first kappa shape index (κ1) is 15.6. The predicted molar refractivity (Wildman–Crippen MR) is 88.7 cm³/mol. The number of hydrogen-bond acceptors (Lipinski definition) is 5. The van der Waals surface area contributed by atoms with Crippen molar-refractivity contribution >= 4 is 21.2 Å². The Labute approximate surface area is 135 Å². The van der Waals surface area contributed by atoms with E-state index in [0.717, 1.165) is 25.1 Å². The smallest absolute Gasteiger partial charge is 0.175 e. The van der Waals surface area contributed by atoms with Crippen LogP contribution in [0, 0.1) is 0 Å². The van der Waals surface area contributed by atoms with Crippen molar-refractivity contribution in [2.45, 2.75) is 36.7 Å². The summed E-state index contributed by atoms with van der Waals surface area (Å²) in [5.74, 6) is 0. The number of thiazole rings is 1. The van der Waals surface area contributed by atoms with Gasteiger partial charge in [-0.2, -0.15) is 0 Å². The van der Waals surface area contributed by atoms with E-state index in [9.17, 15) is 8.42 Å². The maximum atomic E-state index is 11.5. The second-order valence-corrected chi connectivity index (χ2v) is 8.71. The second kappa shape index (κ2) is 6.48. The molecule has 1 aromatic heterocycles. The van der Waals surface area contributed by atoms with E-state index in [1.807, 2.05) is 23.7 Å². The van der Waals surface area contributed by atoms with Crippen LogP contribution in [-0.4, -0.2) is 31.1 Å². The van der Waals surface area contributed by atoms with Crippen LogP contribution in [0.15, 0.2) is 40.7 Å². The van der Waals surface area contributed by atoms with E-state index in [1.165, 1.54) is 24.1 Å². The average Bonchev–Trinajstić information content (AvgIpc) is 3.01. The van der Waals surface area contributed by atoms with Crippen LogP contribution in [0.2, 0.25) is 0 Å². The molecule has 4 nitrogen and oxygen atoms in total. The minimum Gasteiger partial charge on any atom is -0.290 e. The molecule has 0 bridgehead atoms. The van der Waals surface area contributed by atoms with Crippen LogP contribution in [0.3, 0.4) is 0 Å². The molecule has 0 spiro atoms. The summed E-state index contributed by atoms with van der Waals surface area (Å²) in [5, 5.41) is 3.22.